The van der Waals surface area contributed by atoms with Crippen LogP contribution in [0.1, 0.15) is 49.1 Å². The van der Waals surface area contributed by atoms with Crippen molar-refractivity contribution in [1.82, 2.24) is 9.80 Å². The standard InChI is InChI=1S/C20H28N2O/c1-14-6-3-7-15(12-14)16-13-17(16)20(23)22-11-5-9-19(22)18-8-4-10-21(18)2/h3,6-7,12,16-19H,4-5,8-11,13H2,1-2H3/t16-,17-,18-,19-/m0/s1. The molecule has 0 unspecified atom stereocenters. The fourth-order valence-corrected chi connectivity index (χ4v) is 4.84. The summed E-state index contributed by atoms with van der Waals surface area (Å²) in [6.07, 6.45) is 5.98. The summed E-state index contributed by atoms with van der Waals surface area (Å²) >= 11 is 0. The van der Waals surface area contributed by atoms with Crippen LogP contribution in [-0.4, -0.2) is 47.9 Å². The van der Waals surface area contributed by atoms with Gasteiger partial charge in [0.1, 0.15) is 0 Å². The Morgan fingerprint density at radius 1 is 1.13 bits per heavy atom. The summed E-state index contributed by atoms with van der Waals surface area (Å²) in [6, 6.07) is 9.76. The lowest BCUT2D eigenvalue weighted by molar-refractivity contribution is -0.134. The topological polar surface area (TPSA) is 23.6 Å². The van der Waals surface area contributed by atoms with Crippen LogP contribution in [-0.2, 0) is 4.79 Å². The van der Waals surface area contributed by atoms with Crippen molar-refractivity contribution in [3.8, 4) is 0 Å². The van der Waals surface area contributed by atoms with Crippen molar-refractivity contribution in [1.29, 1.82) is 0 Å². The maximum Gasteiger partial charge on any atom is 0.226 e. The van der Waals surface area contributed by atoms with Gasteiger partial charge in [-0.1, -0.05) is 29.8 Å². The predicted molar refractivity (Wildman–Crippen MR) is 92.4 cm³/mol. The Morgan fingerprint density at radius 2 is 1.91 bits per heavy atom. The van der Waals surface area contributed by atoms with Gasteiger partial charge in [-0.3, -0.25) is 4.79 Å². The van der Waals surface area contributed by atoms with E-state index in [9.17, 15) is 4.79 Å². The molecular weight excluding hydrogens is 284 g/mol. The minimum absolute atomic E-state index is 0.240. The summed E-state index contributed by atoms with van der Waals surface area (Å²) in [5, 5.41) is 0. The summed E-state index contributed by atoms with van der Waals surface area (Å²) in [5.41, 5.74) is 2.66. The monoisotopic (exact) mass is 312 g/mol. The molecule has 0 N–H and O–H groups in total. The number of nitrogens with zero attached hydrogens (tertiary/aromatic N) is 2. The first-order valence-electron chi connectivity index (χ1n) is 9.22. The zero-order valence-electron chi connectivity index (χ0n) is 14.4. The molecule has 23 heavy (non-hydrogen) atoms. The van der Waals surface area contributed by atoms with Gasteiger partial charge in [0, 0.05) is 24.5 Å². The van der Waals surface area contributed by atoms with E-state index < -0.39 is 0 Å². The number of carbonyl (C=O) groups is 1. The fourth-order valence-electron chi connectivity index (χ4n) is 4.84. The van der Waals surface area contributed by atoms with Crippen molar-refractivity contribution in [2.24, 2.45) is 5.92 Å². The number of likely N-dealkylation sites (tertiary alicyclic amines) is 2. The lowest BCUT2D eigenvalue weighted by atomic mass is 10.0. The second-order valence-corrected chi connectivity index (χ2v) is 7.79. The first kappa shape index (κ1) is 15.2. The van der Waals surface area contributed by atoms with Gasteiger partial charge in [0.15, 0.2) is 0 Å². The van der Waals surface area contributed by atoms with Crippen LogP contribution in [0.15, 0.2) is 24.3 Å². The van der Waals surface area contributed by atoms with Crippen molar-refractivity contribution in [3.05, 3.63) is 35.4 Å². The van der Waals surface area contributed by atoms with Gasteiger partial charge in [-0.05, 0) is 64.1 Å². The zero-order chi connectivity index (χ0) is 16.0. The molecule has 2 saturated heterocycles. The third-order valence-corrected chi connectivity index (χ3v) is 6.18. The van der Waals surface area contributed by atoms with Crippen molar-refractivity contribution in [2.45, 2.75) is 57.0 Å². The van der Waals surface area contributed by atoms with Crippen LogP contribution in [0.2, 0.25) is 0 Å². The lowest BCUT2D eigenvalue weighted by Gasteiger charge is -2.33. The number of carbonyl (C=O) groups excluding carboxylic acids is 1. The molecule has 1 aliphatic carbocycles. The van der Waals surface area contributed by atoms with Crippen LogP contribution in [0.3, 0.4) is 0 Å². The van der Waals surface area contributed by atoms with Gasteiger partial charge in [0.05, 0.1) is 0 Å². The molecule has 0 aromatic heterocycles. The number of rotatable bonds is 3. The van der Waals surface area contributed by atoms with Crippen molar-refractivity contribution >= 4 is 5.91 Å². The normalized spacial score (nSPS) is 34.1. The van der Waals surface area contributed by atoms with Crippen LogP contribution in [0.4, 0.5) is 0 Å². The third kappa shape index (κ3) is 2.80. The summed E-state index contributed by atoms with van der Waals surface area (Å²) in [4.78, 5) is 17.8. The predicted octanol–water partition coefficient (Wildman–Crippen LogP) is 3.18. The molecule has 4 rings (SSSR count). The Bertz CT molecular complexity index is 599. The largest absolute Gasteiger partial charge is 0.338 e. The Morgan fingerprint density at radius 3 is 2.65 bits per heavy atom. The highest BCUT2D eigenvalue weighted by atomic mass is 16.2. The van der Waals surface area contributed by atoms with E-state index >= 15 is 0 Å². The quantitative estimate of drug-likeness (QED) is 0.856. The molecule has 3 fully saturated rings. The number of hydrogen-bond acceptors (Lipinski definition) is 2. The van der Waals surface area contributed by atoms with Gasteiger partial charge in [0.25, 0.3) is 0 Å². The van der Waals surface area contributed by atoms with Crippen LogP contribution >= 0.6 is 0 Å². The van der Waals surface area contributed by atoms with Crippen molar-refractivity contribution < 1.29 is 4.79 Å². The summed E-state index contributed by atoms with van der Waals surface area (Å²) in [5.74, 6) is 1.13. The number of amides is 1. The number of aryl methyl sites for hydroxylation is 1. The van der Waals surface area contributed by atoms with E-state index in [1.165, 1.54) is 43.4 Å². The minimum atomic E-state index is 0.240. The summed E-state index contributed by atoms with van der Waals surface area (Å²) in [6.45, 7) is 4.30. The van der Waals surface area contributed by atoms with E-state index in [0.717, 1.165) is 13.0 Å². The Balaban J connectivity index is 1.45. The van der Waals surface area contributed by atoms with Crippen LogP contribution in [0.25, 0.3) is 0 Å². The maximum absolute atomic E-state index is 13.1. The Labute approximate surface area is 139 Å². The molecule has 0 radical (unpaired) electrons. The molecule has 1 aromatic carbocycles. The SMILES string of the molecule is Cc1cccc([C@@H]2C[C@@H]2C(=O)N2CCC[C@H]2[C@@H]2CCCN2C)c1. The Kier molecular flexibility index (Phi) is 3.92. The fraction of sp³-hybridized carbons (Fsp3) is 0.650. The highest BCUT2D eigenvalue weighted by Gasteiger charge is 2.49. The van der Waals surface area contributed by atoms with Gasteiger partial charge in [-0.25, -0.2) is 0 Å². The Hall–Kier alpha value is -1.35. The molecule has 3 heteroatoms. The first-order chi connectivity index (χ1) is 11.1. The molecule has 3 aliphatic rings. The molecule has 3 nitrogen and oxygen atoms in total. The van der Waals surface area contributed by atoms with Gasteiger partial charge in [-0.15, -0.1) is 0 Å². The second kappa shape index (κ2) is 5.94. The van der Waals surface area contributed by atoms with E-state index in [0.29, 0.717) is 23.9 Å². The molecule has 1 amide bonds. The summed E-state index contributed by atoms with van der Waals surface area (Å²) < 4.78 is 0. The molecule has 1 aromatic rings. The van der Waals surface area contributed by atoms with Crippen LogP contribution < -0.4 is 0 Å². The van der Waals surface area contributed by atoms with Gasteiger partial charge < -0.3 is 9.80 Å². The second-order valence-electron chi connectivity index (χ2n) is 7.79. The van der Waals surface area contributed by atoms with Crippen molar-refractivity contribution in [2.75, 3.05) is 20.1 Å². The summed E-state index contributed by atoms with van der Waals surface area (Å²) in [7, 11) is 2.23. The first-order valence-corrected chi connectivity index (χ1v) is 9.22. The zero-order valence-corrected chi connectivity index (χ0v) is 14.4. The van der Waals surface area contributed by atoms with E-state index in [1.807, 2.05) is 0 Å². The smallest absolute Gasteiger partial charge is 0.226 e. The third-order valence-electron chi connectivity index (χ3n) is 6.18. The molecule has 4 atom stereocenters. The minimum Gasteiger partial charge on any atom is -0.338 e. The molecule has 2 aliphatic heterocycles. The molecule has 0 spiro atoms. The van der Waals surface area contributed by atoms with Crippen molar-refractivity contribution in [3.63, 3.8) is 0 Å². The lowest BCUT2D eigenvalue weighted by Crippen LogP contribution is -2.47. The molecule has 2 heterocycles. The highest BCUT2D eigenvalue weighted by molar-refractivity contribution is 5.83. The maximum atomic E-state index is 13.1. The van der Waals surface area contributed by atoms with E-state index in [2.05, 4.69) is 48.0 Å². The average Bonchev–Trinajstić information content (AvgIpc) is 2.99. The molecular formula is C20H28N2O. The molecule has 1 saturated carbocycles. The molecule has 0 bridgehead atoms. The average molecular weight is 312 g/mol. The van der Waals surface area contributed by atoms with Gasteiger partial charge >= 0.3 is 0 Å². The highest BCUT2D eigenvalue weighted by Crippen LogP contribution is 2.49. The van der Waals surface area contributed by atoms with E-state index in [1.54, 1.807) is 0 Å². The number of likely N-dealkylation sites (N-methyl/N-ethyl adjacent to an activating group) is 1. The number of hydrogen-bond donors (Lipinski definition) is 0. The van der Waals surface area contributed by atoms with E-state index in [4.69, 9.17) is 0 Å². The van der Waals surface area contributed by atoms with Crippen LogP contribution in [0.5, 0.6) is 0 Å². The van der Waals surface area contributed by atoms with E-state index in [-0.39, 0.29) is 5.92 Å². The van der Waals surface area contributed by atoms with Gasteiger partial charge in [0.2, 0.25) is 5.91 Å². The van der Waals surface area contributed by atoms with Gasteiger partial charge in [-0.2, -0.15) is 0 Å². The number of benzene rings is 1. The van der Waals surface area contributed by atoms with Crippen LogP contribution in [0, 0.1) is 12.8 Å². The molecule has 124 valence electrons.